The maximum absolute atomic E-state index is 4.93. The number of unbranched alkanes of at least 4 members (excludes halogenated alkanes) is 1. The summed E-state index contributed by atoms with van der Waals surface area (Å²) in [5, 5.41) is 0. The van der Waals surface area contributed by atoms with E-state index < -0.39 is 8.80 Å². The lowest BCUT2D eigenvalue weighted by molar-refractivity contribution is 0.132. The van der Waals surface area contributed by atoms with Gasteiger partial charge in [-0.25, -0.2) is 0 Å². The van der Waals surface area contributed by atoms with E-state index in [9.17, 15) is 0 Å². The Balaban J connectivity index is 0. The highest BCUT2D eigenvalue weighted by molar-refractivity contribution is 6.58. The average Bonchev–Trinajstić information content (AvgIpc) is 2.26. The molecule has 0 aliphatic rings. The van der Waals surface area contributed by atoms with Gasteiger partial charge in [0, 0.05) is 34.5 Å². The number of hydrogen-bond acceptors (Lipinski definition) is 4. The largest absolute Gasteiger partial charge is 0.496 e. The maximum atomic E-state index is 4.93. The molecule has 0 heterocycles. The molecule has 0 bridgehead atoms. The summed E-state index contributed by atoms with van der Waals surface area (Å²) in [5.74, 6) is 0. The van der Waals surface area contributed by atoms with Crippen molar-refractivity contribution in [2.24, 2.45) is 0 Å². The van der Waals surface area contributed by atoms with E-state index in [0.29, 0.717) is 0 Å². The summed E-state index contributed by atoms with van der Waals surface area (Å²) < 4.78 is 19.7. The Morgan fingerprint density at radius 3 is 1.57 bits per heavy atom. The van der Waals surface area contributed by atoms with Crippen molar-refractivity contribution in [1.29, 1.82) is 0 Å². The highest BCUT2D eigenvalue weighted by atomic mass is 28.4. The van der Waals surface area contributed by atoms with E-state index >= 15 is 0 Å². The van der Waals surface area contributed by atoms with E-state index in [-0.39, 0.29) is 0 Å². The van der Waals surface area contributed by atoms with Crippen LogP contribution in [0.4, 0.5) is 0 Å². The quantitative estimate of drug-likeness (QED) is 0.503. The van der Waals surface area contributed by atoms with Crippen LogP contribution >= 0.6 is 0 Å². The molecule has 4 nitrogen and oxygen atoms in total. The third-order valence-electron chi connectivity index (χ3n) is 1.81. The van der Waals surface area contributed by atoms with Crippen molar-refractivity contribution < 1.29 is 17.7 Å². The molecule has 0 aromatic rings. The molecule has 0 aromatic heterocycles. The molecule has 0 fully saturated rings. The first-order valence-corrected chi connectivity index (χ1v) is 7.78. The van der Waals surface area contributed by atoms with Gasteiger partial charge < -0.3 is 17.7 Å². The molecule has 0 rings (SSSR count). The van der Waals surface area contributed by atoms with Gasteiger partial charge in [0.05, 0.1) is 0 Å². The molecule has 6 heteroatoms. The van der Waals surface area contributed by atoms with Crippen LogP contribution in [0.25, 0.3) is 0 Å². The van der Waals surface area contributed by atoms with Gasteiger partial charge in [0.25, 0.3) is 0 Å². The van der Waals surface area contributed by atoms with Gasteiger partial charge in [-0.2, -0.15) is 0 Å². The lowest BCUT2D eigenvalue weighted by Gasteiger charge is -2.18. The van der Waals surface area contributed by atoms with Crippen molar-refractivity contribution in [3.8, 4) is 0 Å². The van der Waals surface area contributed by atoms with Gasteiger partial charge in [-0.05, 0) is 6.42 Å². The molecular formula is C8H24O4Si2. The summed E-state index contributed by atoms with van der Waals surface area (Å²) in [7, 11) is 3.48. The second kappa shape index (κ2) is 11.3. The van der Waals surface area contributed by atoms with Gasteiger partial charge >= 0.3 is 8.80 Å². The second-order valence-electron chi connectivity index (χ2n) is 2.82. The van der Waals surface area contributed by atoms with Crippen LogP contribution in [0.1, 0.15) is 19.8 Å². The highest BCUT2D eigenvalue weighted by Crippen LogP contribution is 2.02. The van der Waals surface area contributed by atoms with Gasteiger partial charge in [0.1, 0.15) is 10.5 Å². The van der Waals surface area contributed by atoms with E-state index in [2.05, 4.69) is 6.92 Å². The molecule has 0 radical (unpaired) electrons. The normalized spacial score (nSPS) is 10.9. The van der Waals surface area contributed by atoms with Crippen molar-refractivity contribution in [2.45, 2.75) is 26.3 Å². The van der Waals surface area contributed by atoms with Crippen molar-refractivity contribution >= 4 is 19.3 Å². The zero-order chi connectivity index (χ0) is 11.4. The van der Waals surface area contributed by atoms with Crippen molar-refractivity contribution in [3.05, 3.63) is 0 Å². The van der Waals surface area contributed by atoms with Crippen LogP contribution in [0, 0.1) is 0 Å². The first-order chi connectivity index (χ1) is 6.60. The van der Waals surface area contributed by atoms with E-state index in [1.165, 1.54) is 12.8 Å². The Morgan fingerprint density at radius 1 is 1.07 bits per heavy atom. The number of hydrogen-bond donors (Lipinski definition) is 0. The van der Waals surface area contributed by atoms with Gasteiger partial charge in [-0.15, -0.1) is 0 Å². The van der Waals surface area contributed by atoms with Crippen LogP contribution in [0.2, 0.25) is 6.55 Å². The Kier molecular flexibility index (Phi) is 13.5. The van der Waals surface area contributed by atoms with E-state index in [1.807, 2.05) is 6.55 Å². The summed E-state index contributed by atoms with van der Waals surface area (Å²) in [6.07, 6.45) is 2.48. The van der Waals surface area contributed by atoms with E-state index in [1.54, 1.807) is 21.3 Å². The van der Waals surface area contributed by atoms with E-state index in [4.69, 9.17) is 17.7 Å². The molecule has 0 N–H and O–H groups in total. The van der Waals surface area contributed by atoms with Crippen molar-refractivity contribution in [1.82, 2.24) is 0 Å². The van der Waals surface area contributed by atoms with Crippen LogP contribution < -0.4 is 0 Å². The van der Waals surface area contributed by atoms with Crippen LogP contribution in [-0.2, 0) is 17.7 Å². The molecule has 0 aliphatic carbocycles. The Bertz CT molecular complexity index is 97.2. The minimum Gasteiger partial charge on any atom is -0.428 e. The molecule has 0 aliphatic heterocycles. The average molecular weight is 240 g/mol. The maximum Gasteiger partial charge on any atom is 0.496 e. The molecule has 0 saturated carbocycles. The van der Waals surface area contributed by atoms with Gasteiger partial charge in [0.15, 0.2) is 0 Å². The van der Waals surface area contributed by atoms with E-state index in [0.717, 1.165) is 17.1 Å². The highest BCUT2D eigenvalue weighted by Gasteiger charge is 2.29. The SMILES string of the molecule is CCCCO[SiH3].CO[Si](C)(OC)OC. The standard InChI is InChI=1S/C4H12O3Si.C4H12OSi/c1-5-8(4,6-2)7-3;1-2-3-4-5-6/h1-4H3;2-4H2,1,6H3. The molecule has 0 amide bonds. The Morgan fingerprint density at radius 2 is 1.50 bits per heavy atom. The third kappa shape index (κ3) is 10.4. The third-order valence-corrected chi connectivity index (χ3v) is 4.45. The van der Waals surface area contributed by atoms with Crippen LogP contribution in [0.15, 0.2) is 0 Å². The molecule has 14 heavy (non-hydrogen) atoms. The summed E-state index contributed by atoms with van der Waals surface area (Å²) in [6.45, 7) is 4.97. The monoisotopic (exact) mass is 240 g/mol. The molecular weight excluding hydrogens is 216 g/mol. The molecule has 0 atom stereocenters. The van der Waals surface area contributed by atoms with Gasteiger partial charge in [-0.3, -0.25) is 0 Å². The summed E-state index contributed by atoms with van der Waals surface area (Å²) >= 11 is 0. The van der Waals surface area contributed by atoms with Gasteiger partial charge in [-0.1, -0.05) is 13.3 Å². The zero-order valence-electron chi connectivity index (χ0n) is 10.3. The fourth-order valence-corrected chi connectivity index (χ4v) is 1.33. The lowest BCUT2D eigenvalue weighted by atomic mass is 10.4. The van der Waals surface area contributed by atoms with Gasteiger partial charge in [0.2, 0.25) is 0 Å². The number of rotatable bonds is 6. The van der Waals surface area contributed by atoms with Crippen molar-refractivity contribution in [2.75, 3.05) is 27.9 Å². The summed E-state index contributed by atoms with van der Waals surface area (Å²) in [5.41, 5.74) is 0. The predicted molar refractivity (Wildman–Crippen MR) is 63.4 cm³/mol. The first kappa shape index (κ1) is 16.7. The fourth-order valence-electron chi connectivity index (χ4n) is 0.539. The summed E-state index contributed by atoms with van der Waals surface area (Å²) in [6, 6.07) is 0. The first-order valence-electron chi connectivity index (χ1n) is 4.74. The minimum atomic E-state index is -2.17. The van der Waals surface area contributed by atoms with Crippen LogP contribution in [-0.4, -0.2) is 47.2 Å². The molecule has 0 saturated heterocycles. The molecule has 0 aromatic carbocycles. The topological polar surface area (TPSA) is 36.9 Å². The fraction of sp³-hybridized carbons (Fsp3) is 1.00. The minimum absolute atomic E-state index is 0.903. The molecule has 0 unspecified atom stereocenters. The molecule has 0 spiro atoms. The second-order valence-corrected chi connectivity index (χ2v) is 6.35. The van der Waals surface area contributed by atoms with Crippen LogP contribution in [0.3, 0.4) is 0 Å². The smallest absolute Gasteiger partial charge is 0.428 e. The summed E-state index contributed by atoms with van der Waals surface area (Å²) in [4.78, 5) is 0. The predicted octanol–water partition coefficient (Wildman–Crippen LogP) is 0.578. The zero-order valence-corrected chi connectivity index (χ0v) is 13.3. The van der Waals surface area contributed by atoms with Crippen molar-refractivity contribution in [3.63, 3.8) is 0 Å². The Labute approximate surface area is 91.8 Å². The Hall–Kier alpha value is 0.274. The van der Waals surface area contributed by atoms with Crippen LogP contribution in [0.5, 0.6) is 0 Å². The molecule has 88 valence electrons. The lowest BCUT2D eigenvalue weighted by Crippen LogP contribution is -2.38.